The van der Waals surface area contributed by atoms with E-state index in [1.54, 1.807) is 6.21 Å². The molecule has 1 saturated carbocycles. The van der Waals surface area contributed by atoms with Crippen LogP contribution in [0.15, 0.2) is 53.6 Å². The van der Waals surface area contributed by atoms with Gasteiger partial charge in [0.05, 0.1) is 18.0 Å². The first-order chi connectivity index (χ1) is 10.8. The van der Waals surface area contributed by atoms with E-state index in [4.69, 9.17) is 16.3 Å². The summed E-state index contributed by atoms with van der Waals surface area (Å²) in [4.78, 5) is 0. The lowest BCUT2D eigenvalue weighted by molar-refractivity contribution is 0.210. The minimum absolute atomic E-state index is 0.393. The number of anilines is 1. The first kappa shape index (κ1) is 14.9. The fraction of sp³-hybridized carbons (Fsp3) is 0.278. The first-order valence-corrected chi connectivity index (χ1v) is 7.99. The summed E-state index contributed by atoms with van der Waals surface area (Å²) in [7, 11) is 0. The van der Waals surface area contributed by atoms with Crippen LogP contribution in [0.5, 0.6) is 5.75 Å². The lowest BCUT2D eigenvalue weighted by Gasteiger charge is -2.12. The molecule has 4 heteroatoms. The molecule has 0 amide bonds. The number of nitrogens with one attached hydrogen (secondary N) is 1. The third-order valence-corrected chi connectivity index (χ3v) is 3.95. The van der Waals surface area contributed by atoms with E-state index in [0.29, 0.717) is 11.1 Å². The van der Waals surface area contributed by atoms with Crippen LogP contribution in [0.4, 0.5) is 5.69 Å². The van der Waals surface area contributed by atoms with Crippen LogP contribution in [-0.4, -0.2) is 12.3 Å². The predicted octanol–water partition coefficient (Wildman–Crippen LogP) is 5.11. The molecule has 1 aliphatic rings. The molecule has 0 bridgehead atoms. The van der Waals surface area contributed by atoms with Crippen molar-refractivity contribution in [2.75, 3.05) is 5.43 Å². The summed E-state index contributed by atoms with van der Waals surface area (Å²) in [5, 5.41) is 4.90. The van der Waals surface area contributed by atoms with Crippen molar-refractivity contribution >= 4 is 23.5 Å². The molecule has 0 atom stereocenters. The van der Waals surface area contributed by atoms with Crippen molar-refractivity contribution in [3.8, 4) is 5.75 Å². The Hall–Kier alpha value is -2.00. The molecule has 0 spiro atoms. The molecular formula is C18H19ClN2O. The van der Waals surface area contributed by atoms with Gasteiger partial charge in [0.25, 0.3) is 0 Å². The molecule has 1 N–H and O–H groups in total. The Labute approximate surface area is 136 Å². The summed E-state index contributed by atoms with van der Waals surface area (Å²) in [6.45, 7) is 0. The van der Waals surface area contributed by atoms with Gasteiger partial charge >= 0.3 is 0 Å². The van der Waals surface area contributed by atoms with Gasteiger partial charge in [0.15, 0.2) is 0 Å². The van der Waals surface area contributed by atoms with Crippen molar-refractivity contribution in [3.63, 3.8) is 0 Å². The standard InChI is InChI=1S/C18H19ClN2O/c19-15-4-3-5-16(12-15)21-20-13-14-8-10-18(11-9-14)22-17-6-1-2-7-17/h3-5,8-13,17,21H,1-2,6-7H2. The van der Waals surface area contributed by atoms with E-state index in [9.17, 15) is 0 Å². The molecule has 1 fully saturated rings. The molecule has 3 nitrogen and oxygen atoms in total. The predicted molar refractivity (Wildman–Crippen MR) is 92.0 cm³/mol. The van der Waals surface area contributed by atoms with Gasteiger partial charge in [0.1, 0.15) is 5.75 Å². The van der Waals surface area contributed by atoms with E-state index in [-0.39, 0.29) is 0 Å². The minimum atomic E-state index is 0.393. The highest BCUT2D eigenvalue weighted by molar-refractivity contribution is 6.30. The van der Waals surface area contributed by atoms with E-state index in [2.05, 4.69) is 10.5 Å². The van der Waals surface area contributed by atoms with Crippen LogP contribution < -0.4 is 10.2 Å². The molecule has 2 aromatic carbocycles. The van der Waals surface area contributed by atoms with Crippen molar-refractivity contribution in [1.29, 1.82) is 0 Å². The normalized spacial score (nSPS) is 15.3. The number of rotatable bonds is 5. The van der Waals surface area contributed by atoms with Gasteiger partial charge < -0.3 is 4.74 Å². The number of ether oxygens (including phenoxy) is 1. The topological polar surface area (TPSA) is 33.6 Å². The third kappa shape index (κ3) is 4.25. The van der Waals surface area contributed by atoms with E-state index < -0.39 is 0 Å². The van der Waals surface area contributed by atoms with E-state index in [1.807, 2.05) is 48.5 Å². The maximum atomic E-state index is 5.94. The van der Waals surface area contributed by atoms with Crippen LogP contribution in [0, 0.1) is 0 Å². The largest absolute Gasteiger partial charge is 0.490 e. The maximum Gasteiger partial charge on any atom is 0.119 e. The molecule has 1 aliphatic carbocycles. The summed E-state index contributed by atoms with van der Waals surface area (Å²) in [6, 6.07) is 15.5. The second-order valence-corrected chi connectivity index (χ2v) is 5.91. The Bertz CT molecular complexity index is 634. The Balaban J connectivity index is 1.55. The third-order valence-electron chi connectivity index (χ3n) is 3.72. The fourth-order valence-electron chi connectivity index (χ4n) is 2.57. The second-order valence-electron chi connectivity index (χ2n) is 5.47. The van der Waals surface area contributed by atoms with Crippen LogP contribution in [-0.2, 0) is 0 Å². The molecule has 0 heterocycles. The van der Waals surface area contributed by atoms with Gasteiger partial charge in [-0.1, -0.05) is 17.7 Å². The van der Waals surface area contributed by atoms with Crippen LogP contribution in [0.3, 0.4) is 0 Å². The molecular weight excluding hydrogens is 296 g/mol. The maximum absolute atomic E-state index is 5.94. The van der Waals surface area contributed by atoms with Gasteiger partial charge in [-0.25, -0.2) is 0 Å². The number of hydrazone groups is 1. The number of halogens is 1. The molecule has 0 unspecified atom stereocenters. The molecule has 0 aliphatic heterocycles. The molecule has 22 heavy (non-hydrogen) atoms. The Morgan fingerprint density at radius 2 is 1.86 bits per heavy atom. The van der Waals surface area contributed by atoms with Crippen molar-refractivity contribution in [2.24, 2.45) is 5.10 Å². The van der Waals surface area contributed by atoms with Gasteiger partial charge in [-0.2, -0.15) is 5.10 Å². The molecule has 114 valence electrons. The lowest BCUT2D eigenvalue weighted by atomic mass is 10.2. The highest BCUT2D eigenvalue weighted by Gasteiger charge is 2.16. The van der Waals surface area contributed by atoms with Gasteiger partial charge in [-0.3, -0.25) is 5.43 Å². The number of hydrogen-bond donors (Lipinski definition) is 1. The Morgan fingerprint density at radius 3 is 2.59 bits per heavy atom. The molecule has 0 saturated heterocycles. The zero-order chi connectivity index (χ0) is 15.2. The molecule has 0 aromatic heterocycles. The van der Waals surface area contributed by atoms with Crippen LogP contribution in [0.1, 0.15) is 31.2 Å². The van der Waals surface area contributed by atoms with Crippen molar-refractivity contribution < 1.29 is 4.74 Å². The van der Waals surface area contributed by atoms with Crippen LogP contribution in [0.2, 0.25) is 5.02 Å². The minimum Gasteiger partial charge on any atom is -0.490 e. The highest BCUT2D eigenvalue weighted by Crippen LogP contribution is 2.24. The zero-order valence-corrected chi connectivity index (χ0v) is 13.1. The average molecular weight is 315 g/mol. The molecule has 3 rings (SSSR count). The summed E-state index contributed by atoms with van der Waals surface area (Å²) >= 11 is 5.92. The summed E-state index contributed by atoms with van der Waals surface area (Å²) in [6.07, 6.45) is 7.08. The smallest absolute Gasteiger partial charge is 0.119 e. The van der Waals surface area contributed by atoms with Gasteiger partial charge in [0, 0.05) is 5.02 Å². The van der Waals surface area contributed by atoms with Gasteiger partial charge in [-0.05, 0) is 73.7 Å². The van der Waals surface area contributed by atoms with Crippen LogP contribution in [0.25, 0.3) is 0 Å². The zero-order valence-electron chi connectivity index (χ0n) is 12.3. The average Bonchev–Trinajstić information content (AvgIpc) is 3.02. The first-order valence-electron chi connectivity index (χ1n) is 7.61. The van der Waals surface area contributed by atoms with E-state index >= 15 is 0 Å². The molecule has 2 aromatic rings. The monoisotopic (exact) mass is 314 g/mol. The Morgan fingerprint density at radius 1 is 1.09 bits per heavy atom. The number of nitrogens with zero attached hydrogens (tertiary/aromatic N) is 1. The SMILES string of the molecule is Clc1cccc(NN=Cc2ccc(OC3CCCC3)cc2)c1. The highest BCUT2D eigenvalue weighted by atomic mass is 35.5. The van der Waals surface area contributed by atoms with Gasteiger partial charge in [0.2, 0.25) is 0 Å². The summed E-state index contributed by atoms with van der Waals surface area (Å²) in [5.74, 6) is 0.937. The van der Waals surface area contributed by atoms with Crippen molar-refractivity contribution in [1.82, 2.24) is 0 Å². The quantitative estimate of drug-likeness (QED) is 0.614. The lowest BCUT2D eigenvalue weighted by Crippen LogP contribution is -2.10. The number of hydrogen-bond acceptors (Lipinski definition) is 3. The Kier molecular flexibility index (Phi) is 4.96. The molecule has 0 radical (unpaired) electrons. The fourth-order valence-corrected chi connectivity index (χ4v) is 2.76. The van der Waals surface area contributed by atoms with Crippen molar-refractivity contribution in [2.45, 2.75) is 31.8 Å². The second kappa shape index (κ2) is 7.32. The number of benzene rings is 2. The summed E-state index contributed by atoms with van der Waals surface area (Å²) < 4.78 is 5.94. The van der Waals surface area contributed by atoms with E-state index in [0.717, 1.165) is 17.0 Å². The van der Waals surface area contributed by atoms with Crippen LogP contribution >= 0.6 is 11.6 Å². The van der Waals surface area contributed by atoms with E-state index in [1.165, 1.54) is 25.7 Å². The summed E-state index contributed by atoms with van der Waals surface area (Å²) in [5.41, 5.74) is 4.85. The van der Waals surface area contributed by atoms with Gasteiger partial charge in [-0.15, -0.1) is 0 Å². The van der Waals surface area contributed by atoms with Crippen molar-refractivity contribution in [3.05, 3.63) is 59.1 Å².